The van der Waals surface area contributed by atoms with Crippen molar-refractivity contribution >= 4 is 11.9 Å². The van der Waals surface area contributed by atoms with Crippen LogP contribution in [0, 0.1) is 0 Å². The molecule has 2 heterocycles. The zero-order valence-electron chi connectivity index (χ0n) is 18.3. The van der Waals surface area contributed by atoms with Crippen LogP contribution in [0.4, 0.5) is 0 Å². The first kappa shape index (κ1) is 21.9. The minimum absolute atomic E-state index is 0.0487. The number of guanidine groups is 1. The van der Waals surface area contributed by atoms with Gasteiger partial charge in [-0.25, -0.2) is 0 Å². The molecule has 162 valence electrons. The van der Waals surface area contributed by atoms with Crippen LogP contribution in [-0.2, 0) is 13.1 Å². The van der Waals surface area contributed by atoms with Gasteiger partial charge >= 0.3 is 0 Å². The third-order valence-electron chi connectivity index (χ3n) is 5.58. The van der Waals surface area contributed by atoms with Crippen LogP contribution in [0.1, 0.15) is 35.5 Å². The molecular formula is C23H33N5O2. The molecule has 7 heteroatoms. The van der Waals surface area contributed by atoms with E-state index in [-0.39, 0.29) is 5.91 Å². The van der Waals surface area contributed by atoms with E-state index < -0.39 is 0 Å². The maximum atomic E-state index is 12.4. The fraction of sp³-hybridized carbons (Fsp3) is 0.478. The van der Waals surface area contributed by atoms with E-state index in [2.05, 4.69) is 58.2 Å². The number of nitrogens with one attached hydrogen (secondary N) is 1. The van der Waals surface area contributed by atoms with Crippen LogP contribution in [0.3, 0.4) is 0 Å². The van der Waals surface area contributed by atoms with Gasteiger partial charge in [-0.05, 0) is 36.3 Å². The predicted octanol–water partition coefficient (Wildman–Crippen LogP) is 2.65. The lowest BCUT2D eigenvalue weighted by molar-refractivity contribution is 0.0657. The number of rotatable bonds is 7. The summed E-state index contributed by atoms with van der Waals surface area (Å²) in [6.07, 6.45) is 1.53. The third kappa shape index (κ3) is 5.63. The van der Waals surface area contributed by atoms with Crippen LogP contribution in [0.5, 0.6) is 0 Å². The van der Waals surface area contributed by atoms with Crippen molar-refractivity contribution < 1.29 is 9.21 Å². The summed E-state index contributed by atoms with van der Waals surface area (Å²) in [7, 11) is 1.80. The summed E-state index contributed by atoms with van der Waals surface area (Å²) in [6.45, 7) is 11.0. The molecular weight excluding hydrogens is 378 g/mol. The van der Waals surface area contributed by atoms with Crippen molar-refractivity contribution in [2.45, 2.75) is 26.9 Å². The van der Waals surface area contributed by atoms with Gasteiger partial charge in [0.15, 0.2) is 11.7 Å². The van der Waals surface area contributed by atoms with Gasteiger partial charge in [-0.1, -0.05) is 38.1 Å². The molecule has 2 aromatic rings. The quantitative estimate of drug-likeness (QED) is 0.561. The Labute approximate surface area is 179 Å². The first-order valence-electron chi connectivity index (χ1n) is 10.7. The van der Waals surface area contributed by atoms with Gasteiger partial charge < -0.3 is 19.5 Å². The molecule has 1 aliphatic heterocycles. The molecule has 0 radical (unpaired) electrons. The molecule has 0 atom stereocenters. The molecule has 1 N–H and O–H groups in total. The van der Waals surface area contributed by atoms with Crippen molar-refractivity contribution in [1.29, 1.82) is 0 Å². The zero-order valence-corrected chi connectivity index (χ0v) is 18.3. The molecule has 3 rings (SSSR count). The number of carbonyl (C=O) groups excluding carboxylic acids is 1. The summed E-state index contributed by atoms with van der Waals surface area (Å²) in [6, 6.07) is 12.2. The van der Waals surface area contributed by atoms with Gasteiger partial charge in [0.1, 0.15) is 0 Å². The van der Waals surface area contributed by atoms with Crippen LogP contribution in [0.25, 0.3) is 0 Å². The standard InChI is InChI=1S/C23H33N5O2/c1-4-26(5-2)18-20-10-8-19(9-11-20)17-25-23(24-3)28-14-12-27(13-15-28)22(29)21-7-6-16-30-21/h6-11,16H,4-5,12-15,17-18H2,1-3H3,(H,24,25). The average molecular weight is 412 g/mol. The van der Waals surface area contributed by atoms with Gasteiger partial charge in [0.05, 0.1) is 6.26 Å². The van der Waals surface area contributed by atoms with Crippen LogP contribution in [-0.4, -0.2) is 72.9 Å². The van der Waals surface area contributed by atoms with E-state index >= 15 is 0 Å². The number of hydrogen-bond acceptors (Lipinski definition) is 4. The Kier molecular flexibility index (Phi) is 7.90. The fourth-order valence-corrected chi connectivity index (χ4v) is 3.66. The number of benzene rings is 1. The van der Waals surface area contributed by atoms with Gasteiger partial charge in [-0.15, -0.1) is 0 Å². The van der Waals surface area contributed by atoms with E-state index in [4.69, 9.17) is 4.42 Å². The van der Waals surface area contributed by atoms with Crippen molar-refractivity contribution in [1.82, 2.24) is 20.0 Å². The van der Waals surface area contributed by atoms with Crippen molar-refractivity contribution in [2.75, 3.05) is 46.3 Å². The van der Waals surface area contributed by atoms with Gasteiger partial charge in [0.25, 0.3) is 5.91 Å². The number of hydrogen-bond donors (Lipinski definition) is 1. The molecule has 1 aromatic carbocycles. The molecule has 30 heavy (non-hydrogen) atoms. The highest BCUT2D eigenvalue weighted by molar-refractivity contribution is 5.91. The van der Waals surface area contributed by atoms with Crippen LogP contribution < -0.4 is 5.32 Å². The summed E-state index contributed by atoms with van der Waals surface area (Å²) < 4.78 is 5.23. The fourth-order valence-electron chi connectivity index (χ4n) is 3.66. The lowest BCUT2D eigenvalue weighted by Gasteiger charge is -2.36. The van der Waals surface area contributed by atoms with E-state index in [1.807, 2.05) is 4.90 Å². The van der Waals surface area contributed by atoms with E-state index in [0.29, 0.717) is 18.8 Å². The summed E-state index contributed by atoms with van der Waals surface area (Å²) in [5.74, 6) is 1.22. The molecule has 0 spiro atoms. The van der Waals surface area contributed by atoms with Gasteiger partial charge in [0.2, 0.25) is 0 Å². The number of amides is 1. The minimum Gasteiger partial charge on any atom is -0.459 e. The Morgan fingerprint density at radius 1 is 1.03 bits per heavy atom. The molecule has 0 bridgehead atoms. The van der Waals surface area contributed by atoms with E-state index in [9.17, 15) is 4.79 Å². The maximum absolute atomic E-state index is 12.4. The second-order valence-corrected chi connectivity index (χ2v) is 7.44. The summed E-state index contributed by atoms with van der Waals surface area (Å²) in [5.41, 5.74) is 2.57. The zero-order chi connectivity index (χ0) is 21.3. The normalized spacial score (nSPS) is 15.0. The summed E-state index contributed by atoms with van der Waals surface area (Å²) >= 11 is 0. The largest absolute Gasteiger partial charge is 0.459 e. The molecule has 0 saturated carbocycles. The molecule has 1 aromatic heterocycles. The van der Waals surface area contributed by atoms with E-state index in [1.165, 1.54) is 17.4 Å². The Morgan fingerprint density at radius 3 is 2.23 bits per heavy atom. The molecule has 1 aliphatic rings. The lowest BCUT2D eigenvalue weighted by Crippen LogP contribution is -2.53. The Hall–Kier alpha value is -2.80. The van der Waals surface area contributed by atoms with Gasteiger partial charge in [-0.3, -0.25) is 14.7 Å². The molecule has 1 saturated heterocycles. The highest BCUT2D eigenvalue weighted by atomic mass is 16.3. The minimum atomic E-state index is -0.0487. The van der Waals surface area contributed by atoms with Crippen LogP contribution in [0.15, 0.2) is 52.1 Å². The smallest absolute Gasteiger partial charge is 0.289 e. The monoisotopic (exact) mass is 411 g/mol. The number of piperazine rings is 1. The van der Waals surface area contributed by atoms with Crippen LogP contribution >= 0.6 is 0 Å². The summed E-state index contributed by atoms with van der Waals surface area (Å²) in [4.78, 5) is 23.3. The molecule has 7 nitrogen and oxygen atoms in total. The first-order chi connectivity index (χ1) is 14.6. The number of furan rings is 1. The van der Waals surface area contributed by atoms with Crippen molar-refractivity contribution in [3.63, 3.8) is 0 Å². The van der Waals surface area contributed by atoms with Crippen molar-refractivity contribution in [3.8, 4) is 0 Å². The topological polar surface area (TPSA) is 64.3 Å². The second kappa shape index (κ2) is 10.8. The second-order valence-electron chi connectivity index (χ2n) is 7.44. The average Bonchev–Trinajstić information content (AvgIpc) is 3.34. The Balaban J connectivity index is 1.47. The molecule has 1 fully saturated rings. The third-order valence-corrected chi connectivity index (χ3v) is 5.58. The SMILES string of the molecule is CCN(CC)Cc1ccc(CNC(=NC)N2CCN(C(=O)c3ccco3)CC2)cc1. The number of carbonyl (C=O) groups is 1. The molecule has 0 unspecified atom stereocenters. The van der Waals surface area contributed by atoms with Gasteiger partial charge in [-0.2, -0.15) is 0 Å². The van der Waals surface area contributed by atoms with E-state index in [0.717, 1.165) is 45.2 Å². The highest BCUT2D eigenvalue weighted by Crippen LogP contribution is 2.11. The van der Waals surface area contributed by atoms with Crippen molar-refractivity contribution in [3.05, 3.63) is 59.5 Å². The first-order valence-corrected chi connectivity index (χ1v) is 10.7. The Morgan fingerprint density at radius 2 is 1.67 bits per heavy atom. The van der Waals surface area contributed by atoms with Crippen molar-refractivity contribution in [2.24, 2.45) is 4.99 Å². The highest BCUT2D eigenvalue weighted by Gasteiger charge is 2.25. The number of aliphatic imine (C=N–C) groups is 1. The molecule has 1 amide bonds. The lowest BCUT2D eigenvalue weighted by atomic mass is 10.1. The Bertz CT molecular complexity index is 805. The van der Waals surface area contributed by atoms with E-state index in [1.54, 1.807) is 19.2 Å². The maximum Gasteiger partial charge on any atom is 0.289 e. The van der Waals surface area contributed by atoms with Crippen LogP contribution in [0.2, 0.25) is 0 Å². The predicted molar refractivity (Wildman–Crippen MR) is 119 cm³/mol. The number of nitrogens with zero attached hydrogens (tertiary/aromatic N) is 4. The van der Waals surface area contributed by atoms with Gasteiger partial charge in [0, 0.05) is 46.3 Å². The molecule has 0 aliphatic carbocycles. The summed E-state index contributed by atoms with van der Waals surface area (Å²) in [5, 5.41) is 3.45.